The molecule has 4 rings (SSSR count). The summed E-state index contributed by atoms with van der Waals surface area (Å²) in [7, 11) is 0. The average Bonchev–Trinajstić information content (AvgIpc) is 3.29. The smallest absolute Gasteiger partial charge is 0.257 e. The zero-order valence-corrected chi connectivity index (χ0v) is 14.5. The van der Waals surface area contributed by atoms with Crippen molar-refractivity contribution in [2.24, 2.45) is 0 Å². The first-order valence-electron chi connectivity index (χ1n) is 8.48. The van der Waals surface area contributed by atoms with Crippen LogP contribution in [-0.4, -0.2) is 35.0 Å². The van der Waals surface area contributed by atoms with Crippen molar-refractivity contribution in [2.75, 3.05) is 18.5 Å². The fraction of sp³-hybridized carbons (Fsp3) is 0.444. The Morgan fingerprint density at radius 3 is 3.04 bits per heavy atom. The summed E-state index contributed by atoms with van der Waals surface area (Å²) in [6, 6.07) is 7.68. The van der Waals surface area contributed by atoms with E-state index in [2.05, 4.69) is 17.6 Å². The number of aromatic nitrogens is 1. The molecular weight excluding hydrogens is 322 g/mol. The minimum absolute atomic E-state index is 0.0518. The molecule has 0 unspecified atom stereocenters. The Labute approximate surface area is 145 Å². The highest BCUT2D eigenvalue weighted by molar-refractivity contribution is 7.09. The monoisotopic (exact) mass is 343 g/mol. The van der Waals surface area contributed by atoms with E-state index in [9.17, 15) is 4.79 Å². The van der Waals surface area contributed by atoms with Crippen molar-refractivity contribution in [3.8, 4) is 0 Å². The summed E-state index contributed by atoms with van der Waals surface area (Å²) in [5, 5.41) is 6.65. The fourth-order valence-electron chi connectivity index (χ4n) is 3.34. The summed E-state index contributed by atoms with van der Waals surface area (Å²) in [5.74, 6) is 0.0518. The molecule has 6 heteroatoms. The van der Waals surface area contributed by atoms with E-state index in [1.54, 1.807) is 11.3 Å². The molecule has 0 bridgehead atoms. The van der Waals surface area contributed by atoms with Crippen LogP contribution in [-0.2, 0) is 11.2 Å². The maximum absolute atomic E-state index is 13.1. The molecule has 1 aromatic carbocycles. The van der Waals surface area contributed by atoms with Gasteiger partial charge in [0.2, 0.25) is 0 Å². The number of hydrogen-bond acceptors (Lipinski definition) is 5. The van der Waals surface area contributed by atoms with E-state index < -0.39 is 0 Å². The van der Waals surface area contributed by atoms with Gasteiger partial charge in [-0.1, -0.05) is 19.1 Å². The van der Waals surface area contributed by atoms with Gasteiger partial charge in [0.25, 0.3) is 5.91 Å². The quantitative estimate of drug-likeness (QED) is 0.924. The number of rotatable bonds is 4. The van der Waals surface area contributed by atoms with Gasteiger partial charge in [0.05, 0.1) is 22.4 Å². The molecule has 2 aliphatic rings. The maximum Gasteiger partial charge on any atom is 0.257 e. The molecule has 5 nitrogen and oxygen atoms in total. The largest absolute Gasteiger partial charge is 0.376 e. The van der Waals surface area contributed by atoms with Crippen LogP contribution in [0.25, 0.3) is 0 Å². The van der Waals surface area contributed by atoms with E-state index in [0.29, 0.717) is 6.54 Å². The number of hydrogen-bond donors (Lipinski definition) is 1. The van der Waals surface area contributed by atoms with Gasteiger partial charge in [0.1, 0.15) is 6.17 Å². The molecule has 2 aromatic rings. The number of carbonyl (C=O) groups is 1. The van der Waals surface area contributed by atoms with E-state index >= 15 is 0 Å². The summed E-state index contributed by atoms with van der Waals surface area (Å²) >= 11 is 1.65. The first-order valence-corrected chi connectivity index (χ1v) is 9.36. The summed E-state index contributed by atoms with van der Waals surface area (Å²) < 4.78 is 5.76. The molecule has 126 valence electrons. The molecule has 1 amide bonds. The number of para-hydroxylation sites is 1. The van der Waals surface area contributed by atoms with Crippen LogP contribution in [0.4, 0.5) is 5.69 Å². The highest BCUT2D eigenvalue weighted by Gasteiger charge is 2.36. The number of carbonyl (C=O) groups excluding carboxylic acids is 1. The molecule has 1 aromatic heterocycles. The predicted molar refractivity (Wildman–Crippen MR) is 94.3 cm³/mol. The molecule has 0 saturated carbocycles. The third kappa shape index (κ3) is 2.80. The lowest BCUT2D eigenvalue weighted by Gasteiger charge is -2.38. The molecule has 0 radical (unpaired) electrons. The molecule has 2 aliphatic heterocycles. The number of thiazole rings is 1. The molecule has 24 heavy (non-hydrogen) atoms. The Morgan fingerprint density at radius 1 is 1.42 bits per heavy atom. The molecule has 2 atom stereocenters. The number of fused-ring (bicyclic) bond motifs is 1. The highest BCUT2D eigenvalue weighted by Crippen LogP contribution is 2.34. The van der Waals surface area contributed by atoms with Crippen molar-refractivity contribution in [1.29, 1.82) is 0 Å². The summed E-state index contributed by atoms with van der Waals surface area (Å²) in [4.78, 5) is 19.7. The van der Waals surface area contributed by atoms with Gasteiger partial charge in [-0.2, -0.15) is 0 Å². The minimum Gasteiger partial charge on any atom is -0.376 e. The number of nitrogens with zero attached hydrogens (tertiary/aromatic N) is 2. The Bertz CT molecular complexity index is 739. The third-order valence-electron chi connectivity index (χ3n) is 4.60. The molecule has 1 saturated heterocycles. The minimum atomic E-state index is -0.229. The van der Waals surface area contributed by atoms with Crippen LogP contribution in [0.15, 0.2) is 29.6 Å². The Hall–Kier alpha value is -1.92. The van der Waals surface area contributed by atoms with Gasteiger partial charge >= 0.3 is 0 Å². The summed E-state index contributed by atoms with van der Waals surface area (Å²) in [6.45, 7) is 3.49. The molecular formula is C18H21N3O2S. The second-order valence-corrected chi connectivity index (χ2v) is 7.15. The maximum atomic E-state index is 13.1. The first-order chi connectivity index (χ1) is 11.8. The van der Waals surface area contributed by atoms with Gasteiger partial charge in [-0.25, -0.2) is 4.98 Å². The van der Waals surface area contributed by atoms with Gasteiger partial charge in [-0.3, -0.25) is 4.79 Å². The Balaban J connectivity index is 1.69. The number of benzene rings is 1. The molecule has 1 fully saturated rings. The standard InChI is InChI=1S/C18H21N3O2S/c1-2-16-19-15(11-24-16)17-20-14-8-4-3-7-13(14)18(22)21(17)10-12-6-5-9-23-12/h3-4,7-8,11-12,17,20H,2,5-6,9-10H2,1H3/t12-,17-/m0/s1. The summed E-state index contributed by atoms with van der Waals surface area (Å²) in [5.41, 5.74) is 2.51. The summed E-state index contributed by atoms with van der Waals surface area (Å²) in [6.07, 6.45) is 2.88. The van der Waals surface area contributed by atoms with Gasteiger partial charge in [0, 0.05) is 24.2 Å². The predicted octanol–water partition coefficient (Wildman–Crippen LogP) is 3.45. The van der Waals surface area contributed by atoms with E-state index in [1.807, 2.05) is 29.2 Å². The van der Waals surface area contributed by atoms with E-state index in [4.69, 9.17) is 9.72 Å². The highest BCUT2D eigenvalue weighted by atomic mass is 32.1. The van der Waals surface area contributed by atoms with Crippen molar-refractivity contribution in [3.05, 3.63) is 45.9 Å². The lowest BCUT2D eigenvalue weighted by molar-refractivity contribution is 0.0423. The topological polar surface area (TPSA) is 54.5 Å². The van der Waals surface area contributed by atoms with Crippen LogP contribution in [0.3, 0.4) is 0 Å². The van der Waals surface area contributed by atoms with Gasteiger partial charge < -0.3 is 15.0 Å². The zero-order chi connectivity index (χ0) is 16.5. The van der Waals surface area contributed by atoms with Gasteiger partial charge in [-0.05, 0) is 31.4 Å². The second-order valence-electron chi connectivity index (χ2n) is 6.20. The molecule has 0 aliphatic carbocycles. The van der Waals surface area contributed by atoms with Crippen molar-refractivity contribution >= 4 is 22.9 Å². The lowest BCUT2D eigenvalue weighted by atomic mass is 10.1. The van der Waals surface area contributed by atoms with E-state index in [1.165, 1.54) is 0 Å². The SMILES string of the molecule is CCc1nc([C@H]2Nc3ccccc3C(=O)N2C[C@@H]2CCCO2)cs1. The molecule has 0 spiro atoms. The second kappa shape index (κ2) is 6.53. The number of nitrogens with one attached hydrogen (secondary N) is 1. The third-order valence-corrected chi connectivity index (χ3v) is 5.61. The lowest BCUT2D eigenvalue weighted by Crippen LogP contribution is -2.46. The van der Waals surface area contributed by atoms with Crippen LogP contribution in [0.2, 0.25) is 0 Å². The number of ether oxygens (including phenoxy) is 1. The van der Waals surface area contributed by atoms with Crippen molar-refractivity contribution < 1.29 is 9.53 Å². The Morgan fingerprint density at radius 2 is 2.29 bits per heavy atom. The van der Waals surface area contributed by atoms with Crippen molar-refractivity contribution in [2.45, 2.75) is 38.5 Å². The average molecular weight is 343 g/mol. The van der Waals surface area contributed by atoms with Gasteiger partial charge in [0.15, 0.2) is 0 Å². The number of aryl methyl sites for hydroxylation is 1. The van der Waals surface area contributed by atoms with Crippen LogP contribution < -0.4 is 5.32 Å². The van der Waals surface area contributed by atoms with E-state index in [0.717, 1.165) is 47.8 Å². The normalized spacial score (nSPS) is 23.2. The zero-order valence-electron chi connectivity index (χ0n) is 13.7. The fourth-order valence-corrected chi connectivity index (χ4v) is 4.10. The number of amides is 1. The van der Waals surface area contributed by atoms with E-state index in [-0.39, 0.29) is 18.2 Å². The molecule has 3 heterocycles. The van der Waals surface area contributed by atoms with Crippen molar-refractivity contribution in [1.82, 2.24) is 9.88 Å². The van der Waals surface area contributed by atoms with Crippen LogP contribution in [0.5, 0.6) is 0 Å². The van der Waals surface area contributed by atoms with Gasteiger partial charge in [-0.15, -0.1) is 11.3 Å². The number of anilines is 1. The van der Waals surface area contributed by atoms with Crippen LogP contribution in [0, 0.1) is 0 Å². The molecule has 1 N–H and O–H groups in total. The first kappa shape index (κ1) is 15.6. The Kier molecular flexibility index (Phi) is 4.24. The van der Waals surface area contributed by atoms with Crippen molar-refractivity contribution in [3.63, 3.8) is 0 Å². The van der Waals surface area contributed by atoms with Crippen LogP contribution in [0.1, 0.15) is 47.0 Å². The van der Waals surface area contributed by atoms with Crippen LogP contribution >= 0.6 is 11.3 Å².